The SMILES string of the molecule is Cn1cncc1-c1ccnc(C(=O)NC2CC(Oc3ccccc3)C2)n1. The van der Waals surface area contributed by atoms with Crippen molar-refractivity contribution in [3.63, 3.8) is 0 Å². The van der Waals surface area contributed by atoms with Crippen LogP contribution in [0.1, 0.15) is 23.5 Å². The number of nitrogens with zero attached hydrogens (tertiary/aromatic N) is 4. The van der Waals surface area contributed by atoms with Gasteiger partial charge in [-0.2, -0.15) is 0 Å². The zero-order valence-corrected chi connectivity index (χ0v) is 14.4. The van der Waals surface area contributed by atoms with Crippen molar-refractivity contribution in [3.05, 3.63) is 60.9 Å². The van der Waals surface area contributed by atoms with E-state index in [-0.39, 0.29) is 23.9 Å². The zero-order valence-electron chi connectivity index (χ0n) is 14.4. The number of hydrogen-bond donors (Lipinski definition) is 1. The molecule has 0 aliphatic heterocycles. The van der Waals surface area contributed by atoms with E-state index in [1.807, 2.05) is 41.9 Å². The number of carbonyl (C=O) groups is 1. The second-order valence-electron chi connectivity index (χ2n) is 6.35. The van der Waals surface area contributed by atoms with Crippen LogP contribution < -0.4 is 10.1 Å². The molecule has 7 heteroatoms. The summed E-state index contributed by atoms with van der Waals surface area (Å²) in [6, 6.07) is 11.6. The lowest BCUT2D eigenvalue weighted by atomic mass is 9.89. The number of carbonyl (C=O) groups excluding carboxylic acids is 1. The van der Waals surface area contributed by atoms with Crippen molar-refractivity contribution in [2.45, 2.75) is 25.0 Å². The van der Waals surface area contributed by atoms with E-state index in [2.05, 4.69) is 20.3 Å². The van der Waals surface area contributed by atoms with Gasteiger partial charge in [-0.15, -0.1) is 0 Å². The van der Waals surface area contributed by atoms with Gasteiger partial charge < -0.3 is 14.6 Å². The Morgan fingerprint density at radius 3 is 2.77 bits per heavy atom. The molecule has 7 nitrogen and oxygen atoms in total. The van der Waals surface area contributed by atoms with Crippen LogP contribution in [-0.4, -0.2) is 37.6 Å². The molecule has 26 heavy (non-hydrogen) atoms. The molecule has 0 bridgehead atoms. The van der Waals surface area contributed by atoms with Crippen molar-refractivity contribution in [2.24, 2.45) is 7.05 Å². The van der Waals surface area contributed by atoms with Crippen LogP contribution in [0.5, 0.6) is 5.75 Å². The Balaban J connectivity index is 1.34. The van der Waals surface area contributed by atoms with Gasteiger partial charge >= 0.3 is 0 Å². The molecule has 4 rings (SSSR count). The molecule has 1 aliphatic rings. The Morgan fingerprint density at radius 1 is 1.23 bits per heavy atom. The van der Waals surface area contributed by atoms with Gasteiger partial charge in [0, 0.05) is 32.1 Å². The number of benzene rings is 1. The van der Waals surface area contributed by atoms with Crippen molar-refractivity contribution >= 4 is 5.91 Å². The van der Waals surface area contributed by atoms with Crippen molar-refractivity contribution in [3.8, 4) is 17.1 Å². The molecular formula is C19H19N5O2. The number of aromatic nitrogens is 4. The molecule has 1 saturated carbocycles. The summed E-state index contributed by atoms with van der Waals surface area (Å²) in [6.07, 6.45) is 6.68. The van der Waals surface area contributed by atoms with E-state index in [0.717, 1.165) is 24.3 Å². The molecule has 2 heterocycles. The first-order chi connectivity index (χ1) is 12.7. The number of aryl methyl sites for hydroxylation is 1. The number of para-hydroxylation sites is 1. The van der Waals surface area contributed by atoms with Crippen molar-refractivity contribution in [1.29, 1.82) is 0 Å². The molecular weight excluding hydrogens is 330 g/mol. The summed E-state index contributed by atoms with van der Waals surface area (Å²) in [5.74, 6) is 0.753. The number of ether oxygens (including phenoxy) is 1. The Morgan fingerprint density at radius 2 is 2.04 bits per heavy atom. The van der Waals surface area contributed by atoms with Crippen molar-refractivity contribution in [1.82, 2.24) is 24.8 Å². The monoisotopic (exact) mass is 349 g/mol. The highest BCUT2D eigenvalue weighted by Gasteiger charge is 2.32. The molecule has 0 unspecified atom stereocenters. The second-order valence-corrected chi connectivity index (χ2v) is 6.35. The Hall–Kier alpha value is -3.22. The number of hydrogen-bond acceptors (Lipinski definition) is 5. The zero-order chi connectivity index (χ0) is 17.9. The van der Waals surface area contributed by atoms with Gasteiger partial charge in [-0.3, -0.25) is 4.79 Å². The van der Waals surface area contributed by atoms with E-state index in [0.29, 0.717) is 5.69 Å². The summed E-state index contributed by atoms with van der Waals surface area (Å²) in [5.41, 5.74) is 1.51. The second kappa shape index (κ2) is 6.95. The molecule has 1 N–H and O–H groups in total. The minimum atomic E-state index is -0.267. The van der Waals surface area contributed by atoms with Gasteiger partial charge in [0.1, 0.15) is 11.9 Å². The molecule has 0 atom stereocenters. The Bertz CT molecular complexity index is 903. The van der Waals surface area contributed by atoms with Crippen LogP contribution in [-0.2, 0) is 7.05 Å². The first-order valence-corrected chi connectivity index (χ1v) is 8.51. The first kappa shape index (κ1) is 16.3. The minimum Gasteiger partial charge on any atom is -0.490 e. The average Bonchev–Trinajstić information content (AvgIpc) is 3.07. The van der Waals surface area contributed by atoms with Crippen LogP contribution in [0.25, 0.3) is 11.4 Å². The Labute approximate surface area is 151 Å². The smallest absolute Gasteiger partial charge is 0.289 e. The summed E-state index contributed by atoms with van der Waals surface area (Å²) in [4.78, 5) is 24.9. The predicted molar refractivity (Wildman–Crippen MR) is 95.6 cm³/mol. The van der Waals surface area contributed by atoms with Crippen LogP contribution in [0, 0.1) is 0 Å². The molecule has 1 aromatic carbocycles. The quantitative estimate of drug-likeness (QED) is 0.764. The number of nitrogens with one attached hydrogen (secondary N) is 1. The highest BCUT2D eigenvalue weighted by Crippen LogP contribution is 2.26. The van der Waals surface area contributed by atoms with Gasteiger partial charge in [0.25, 0.3) is 5.91 Å². The molecule has 0 spiro atoms. The fourth-order valence-electron chi connectivity index (χ4n) is 2.94. The maximum atomic E-state index is 12.4. The minimum absolute atomic E-state index is 0.0835. The largest absolute Gasteiger partial charge is 0.490 e. The normalized spacial score (nSPS) is 18.8. The fourth-order valence-corrected chi connectivity index (χ4v) is 2.94. The third kappa shape index (κ3) is 3.42. The fraction of sp³-hybridized carbons (Fsp3) is 0.263. The number of rotatable bonds is 5. The third-order valence-corrected chi connectivity index (χ3v) is 4.41. The highest BCUT2D eigenvalue weighted by atomic mass is 16.5. The summed E-state index contributed by atoms with van der Waals surface area (Å²) in [6.45, 7) is 0. The molecule has 3 aromatic rings. The summed E-state index contributed by atoms with van der Waals surface area (Å²) in [5, 5.41) is 2.97. The first-order valence-electron chi connectivity index (χ1n) is 8.51. The van der Waals surface area contributed by atoms with E-state index in [9.17, 15) is 4.79 Å². The van der Waals surface area contributed by atoms with Gasteiger partial charge in [-0.1, -0.05) is 18.2 Å². The molecule has 0 saturated heterocycles. The van der Waals surface area contributed by atoms with Gasteiger partial charge in [0.2, 0.25) is 5.82 Å². The van der Waals surface area contributed by atoms with Crippen LogP contribution >= 0.6 is 0 Å². The molecule has 132 valence electrons. The lowest BCUT2D eigenvalue weighted by Gasteiger charge is -2.35. The Kier molecular flexibility index (Phi) is 4.35. The van der Waals surface area contributed by atoms with E-state index in [4.69, 9.17) is 4.74 Å². The van der Waals surface area contributed by atoms with Crippen LogP contribution in [0.4, 0.5) is 0 Å². The van der Waals surface area contributed by atoms with Crippen molar-refractivity contribution in [2.75, 3.05) is 0 Å². The van der Waals surface area contributed by atoms with E-state index in [1.165, 1.54) is 0 Å². The van der Waals surface area contributed by atoms with Crippen LogP contribution in [0.2, 0.25) is 0 Å². The summed E-state index contributed by atoms with van der Waals surface area (Å²) < 4.78 is 7.71. The lowest BCUT2D eigenvalue weighted by molar-refractivity contribution is 0.0694. The van der Waals surface area contributed by atoms with Gasteiger partial charge in [-0.05, 0) is 18.2 Å². The topological polar surface area (TPSA) is 81.9 Å². The predicted octanol–water partition coefficient (Wildman–Crippen LogP) is 2.22. The van der Waals surface area contributed by atoms with Crippen LogP contribution in [0.3, 0.4) is 0 Å². The molecule has 1 aliphatic carbocycles. The maximum absolute atomic E-state index is 12.4. The van der Waals surface area contributed by atoms with E-state index in [1.54, 1.807) is 24.8 Å². The standard InChI is InChI=1S/C19H19N5O2/c1-24-12-20-11-17(24)16-7-8-21-18(23-16)19(25)22-13-9-15(10-13)26-14-5-3-2-4-6-14/h2-8,11-13,15H,9-10H2,1H3,(H,22,25). The third-order valence-electron chi connectivity index (χ3n) is 4.41. The molecule has 1 fully saturated rings. The van der Waals surface area contributed by atoms with Gasteiger partial charge in [0.05, 0.1) is 23.9 Å². The van der Waals surface area contributed by atoms with Gasteiger partial charge in [0.15, 0.2) is 0 Å². The lowest BCUT2D eigenvalue weighted by Crippen LogP contribution is -2.49. The molecule has 1 amide bonds. The summed E-state index contributed by atoms with van der Waals surface area (Å²) >= 11 is 0. The number of amides is 1. The van der Waals surface area contributed by atoms with Crippen molar-refractivity contribution < 1.29 is 9.53 Å². The van der Waals surface area contributed by atoms with Crippen LogP contribution in [0.15, 0.2) is 55.1 Å². The highest BCUT2D eigenvalue weighted by molar-refractivity contribution is 5.91. The maximum Gasteiger partial charge on any atom is 0.289 e. The van der Waals surface area contributed by atoms with E-state index < -0.39 is 0 Å². The van der Waals surface area contributed by atoms with Gasteiger partial charge in [-0.25, -0.2) is 15.0 Å². The average molecular weight is 349 g/mol. The number of imidazole rings is 1. The molecule has 0 radical (unpaired) electrons. The molecule has 2 aromatic heterocycles. The van der Waals surface area contributed by atoms with E-state index >= 15 is 0 Å². The summed E-state index contributed by atoms with van der Waals surface area (Å²) in [7, 11) is 1.88.